The number of ether oxygens (including phenoxy) is 1. The maximum Gasteiger partial charge on any atom is 0.225 e. The molecule has 5 heteroatoms. The van der Waals surface area contributed by atoms with Gasteiger partial charge < -0.3 is 10.1 Å². The third-order valence-electron chi connectivity index (χ3n) is 4.44. The number of nitrogens with one attached hydrogen (secondary N) is 1. The van der Waals surface area contributed by atoms with E-state index in [0.29, 0.717) is 6.42 Å². The topological polar surface area (TPSA) is 38.3 Å². The van der Waals surface area contributed by atoms with Crippen LogP contribution in [-0.4, -0.2) is 13.0 Å². The quantitative estimate of drug-likeness (QED) is 0.717. The number of methoxy groups -OCH3 is 1. The summed E-state index contributed by atoms with van der Waals surface area (Å²) in [7, 11) is 1.63. The molecule has 0 unspecified atom stereocenters. The predicted octanol–water partition coefficient (Wildman–Crippen LogP) is 5.04. The van der Waals surface area contributed by atoms with Crippen molar-refractivity contribution < 1.29 is 13.9 Å². The fraction of sp³-hybridized carbons (Fsp3) is 0.150. The van der Waals surface area contributed by atoms with Crippen LogP contribution in [0.3, 0.4) is 0 Å². The molecule has 1 N–H and O–H groups in total. The number of hydrogen-bond acceptors (Lipinski definition) is 3. The van der Waals surface area contributed by atoms with E-state index in [2.05, 4.69) is 5.32 Å². The Morgan fingerprint density at radius 2 is 2.00 bits per heavy atom. The Labute approximate surface area is 149 Å². The summed E-state index contributed by atoms with van der Waals surface area (Å²) in [6, 6.07) is 14.2. The van der Waals surface area contributed by atoms with Gasteiger partial charge in [0.1, 0.15) is 11.6 Å². The highest BCUT2D eigenvalue weighted by molar-refractivity contribution is 7.11. The van der Waals surface area contributed by atoms with Crippen molar-refractivity contribution in [2.45, 2.75) is 12.3 Å². The minimum Gasteiger partial charge on any atom is -0.497 e. The van der Waals surface area contributed by atoms with E-state index in [-0.39, 0.29) is 17.6 Å². The van der Waals surface area contributed by atoms with Crippen LogP contribution in [0, 0.1) is 5.82 Å². The summed E-state index contributed by atoms with van der Waals surface area (Å²) in [5.74, 6) is 0.480. The van der Waals surface area contributed by atoms with Crippen LogP contribution in [0.4, 0.5) is 10.1 Å². The molecule has 0 spiro atoms. The summed E-state index contributed by atoms with van der Waals surface area (Å²) in [6.45, 7) is 0. The number of fused-ring (bicyclic) bond motifs is 1. The normalized spacial score (nSPS) is 16.2. The molecule has 0 bridgehead atoms. The molecule has 2 aromatic carbocycles. The van der Waals surface area contributed by atoms with Crippen LogP contribution in [-0.2, 0) is 4.79 Å². The van der Waals surface area contributed by atoms with Gasteiger partial charge in [0.05, 0.1) is 12.8 Å². The molecule has 0 aliphatic carbocycles. The minimum atomic E-state index is -0.286. The first kappa shape index (κ1) is 15.8. The first-order valence-corrected chi connectivity index (χ1v) is 8.85. The molecule has 1 atom stereocenters. The molecule has 0 saturated carbocycles. The summed E-state index contributed by atoms with van der Waals surface area (Å²) < 4.78 is 18.8. The number of thiophene rings is 1. The van der Waals surface area contributed by atoms with Gasteiger partial charge in [-0.15, -0.1) is 11.3 Å². The van der Waals surface area contributed by atoms with Gasteiger partial charge in [0.25, 0.3) is 0 Å². The van der Waals surface area contributed by atoms with E-state index in [1.807, 2.05) is 35.7 Å². The summed E-state index contributed by atoms with van der Waals surface area (Å²) in [5, 5.41) is 4.96. The number of amides is 1. The second kappa shape index (κ2) is 6.33. The summed E-state index contributed by atoms with van der Waals surface area (Å²) in [4.78, 5) is 13.4. The number of rotatable bonds is 3. The summed E-state index contributed by atoms with van der Waals surface area (Å²) in [6.07, 6.45) is 0.405. The van der Waals surface area contributed by atoms with Crippen LogP contribution in [0.2, 0.25) is 0 Å². The lowest BCUT2D eigenvalue weighted by Crippen LogP contribution is -2.22. The van der Waals surface area contributed by atoms with E-state index >= 15 is 0 Å². The van der Waals surface area contributed by atoms with Crippen LogP contribution >= 0.6 is 11.3 Å². The van der Waals surface area contributed by atoms with Crippen molar-refractivity contribution in [3.63, 3.8) is 0 Å². The first-order chi connectivity index (χ1) is 12.2. The number of carbonyl (C=O) groups excluding carboxylic acids is 1. The fourth-order valence-electron chi connectivity index (χ4n) is 3.20. The lowest BCUT2D eigenvalue weighted by atomic mass is 9.89. The van der Waals surface area contributed by atoms with E-state index in [9.17, 15) is 9.18 Å². The third-order valence-corrected chi connectivity index (χ3v) is 5.54. The lowest BCUT2D eigenvalue weighted by Gasteiger charge is -2.24. The number of anilines is 1. The SMILES string of the molecule is COc1ccc([C@@H]2CC(=O)Nc3c(-c4cccc(F)c4)csc32)cc1. The van der Waals surface area contributed by atoms with Crippen molar-refractivity contribution in [1.82, 2.24) is 0 Å². The Bertz CT molecular complexity index is 933. The second-order valence-electron chi connectivity index (χ2n) is 5.98. The number of hydrogen-bond donors (Lipinski definition) is 1. The van der Waals surface area contributed by atoms with Gasteiger partial charge in [0, 0.05) is 28.2 Å². The van der Waals surface area contributed by atoms with E-state index in [1.165, 1.54) is 12.1 Å². The zero-order chi connectivity index (χ0) is 17.4. The molecule has 2 heterocycles. The van der Waals surface area contributed by atoms with Crippen LogP contribution in [0.1, 0.15) is 22.8 Å². The molecule has 3 aromatic rings. The Morgan fingerprint density at radius 1 is 1.20 bits per heavy atom. The van der Waals surface area contributed by atoms with E-state index < -0.39 is 0 Å². The molecule has 0 saturated heterocycles. The largest absolute Gasteiger partial charge is 0.497 e. The number of benzene rings is 2. The highest BCUT2D eigenvalue weighted by Gasteiger charge is 2.30. The molecule has 126 valence electrons. The number of carbonyl (C=O) groups is 1. The van der Waals surface area contributed by atoms with Crippen LogP contribution < -0.4 is 10.1 Å². The minimum absolute atomic E-state index is 0.00182. The van der Waals surface area contributed by atoms with Gasteiger partial charge in [-0.05, 0) is 35.4 Å². The van der Waals surface area contributed by atoms with Gasteiger partial charge in [-0.1, -0.05) is 24.3 Å². The summed E-state index contributed by atoms with van der Waals surface area (Å²) in [5.41, 5.74) is 3.51. The Balaban J connectivity index is 1.78. The zero-order valence-electron chi connectivity index (χ0n) is 13.6. The summed E-state index contributed by atoms with van der Waals surface area (Å²) >= 11 is 1.60. The van der Waals surface area contributed by atoms with Gasteiger partial charge in [-0.3, -0.25) is 4.79 Å². The number of halogens is 1. The molecule has 4 rings (SSSR count). The van der Waals surface area contributed by atoms with Crippen molar-refractivity contribution in [3.05, 3.63) is 70.2 Å². The lowest BCUT2D eigenvalue weighted by molar-refractivity contribution is -0.116. The maximum absolute atomic E-state index is 13.6. The average Bonchev–Trinajstić information content (AvgIpc) is 3.05. The Morgan fingerprint density at radius 3 is 2.72 bits per heavy atom. The van der Waals surface area contributed by atoms with Crippen molar-refractivity contribution in [2.24, 2.45) is 0 Å². The molecule has 0 fully saturated rings. The van der Waals surface area contributed by atoms with Crippen LogP contribution in [0.25, 0.3) is 11.1 Å². The van der Waals surface area contributed by atoms with Crippen molar-refractivity contribution in [3.8, 4) is 16.9 Å². The molecule has 1 amide bonds. The van der Waals surface area contributed by atoms with E-state index in [4.69, 9.17) is 4.74 Å². The molecule has 0 radical (unpaired) electrons. The maximum atomic E-state index is 13.6. The van der Waals surface area contributed by atoms with Gasteiger partial charge in [0.2, 0.25) is 5.91 Å². The molecule has 3 nitrogen and oxygen atoms in total. The molecule has 1 aliphatic rings. The van der Waals surface area contributed by atoms with Gasteiger partial charge in [-0.2, -0.15) is 0 Å². The van der Waals surface area contributed by atoms with Crippen LogP contribution in [0.15, 0.2) is 53.9 Å². The van der Waals surface area contributed by atoms with Gasteiger partial charge in [0.15, 0.2) is 0 Å². The highest BCUT2D eigenvalue weighted by Crippen LogP contribution is 2.46. The second-order valence-corrected chi connectivity index (χ2v) is 6.89. The molecular formula is C20H16FNO2S. The van der Waals surface area contributed by atoms with Crippen molar-refractivity contribution in [2.75, 3.05) is 12.4 Å². The van der Waals surface area contributed by atoms with E-state index in [1.54, 1.807) is 24.5 Å². The molecule has 25 heavy (non-hydrogen) atoms. The monoisotopic (exact) mass is 353 g/mol. The van der Waals surface area contributed by atoms with Gasteiger partial charge >= 0.3 is 0 Å². The predicted molar refractivity (Wildman–Crippen MR) is 97.8 cm³/mol. The third kappa shape index (κ3) is 2.91. The standard InChI is InChI=1S/C20H16FNO2S/c1-24-15-7-5-12(6-8-15)16-10-18(23)22-19-17(11-25-20(16)19)13-3-2-4-14(21)9-13/h2-9,11,16H,10H2,1H3,(H,22,23)/t16-/m0/s1. The Hall–Kier alpha value is -2.66. The van der Waals surface area contributed by atoms with Crippen molar-refractivity contribution >= 4 is 22.9 Å². The fourth-order valence-corrected chi connectivity index (χ4v) is 4.36. The molecule has 1 aliphatic heterocycles. The molecular weight excluding hydrogens is 337 g/mol. The first-order valence-electron chi connectivity index (χ1n) is 7.97. The van der Waals surface area contributed by atoms with E-state index in [0.717, 1.165) is 33.0 Å². The van der Waals surface area contributed by atoms with Crippen molar-refractivity contribution in [1.29, 1.82) is 0 Å². The van der Waals surface area contributed by atoms with Gasteiger partial charge in [-0.25, -0.2) is 4.39 Å². The average molecular weight is 353 g/mol. The molecule has 1 aromatic heterocycles. The van der Waals surface area contributed by atoms with Crippen LogP contribution in [0.5, 0.6) is 5.75 Å². The smallest absolute Gasteiger partial charge is 0.225 e. The zero-order valence-corrected chi connectivity index (χ0v) is 14.4. The highest BCUT2D eigenvalue weighted by atomic mass is 32.1. The Kier molecular flexibility index (Phi) is 4.01.